The molecule has 7 heteroatoms. The molecule has 0 aliphatic carbocycles. The van der Waals surface area contributed by atoms with E-state index in [0.717, 1.165) is 27.1 Å². The monoisotopic (exact) mass is 482 g/mol. The van der Waals surface area contributed by atoms with E-state index in [1.165, 1.54) is 0 Å². The van der Waals surface area contributed by atoms with Crippen molar-refractivity contribution in [3.8, 4) is 0 Å². The highest BCUT2D eigenvalue weighted by Crippen LogP contribution is 2.22. The van der Waals surface area contributed by atoms with Crippen molar-refractivity contribution in [1.82, 2.24) is 10.2 Å². The first kappa shape index (κ1) is 22.8. The number of rotatable bonds is 9. The lowest BCUT2D eigenvalue weighted by molar-refractivity contribution is -0.140. The van der Waals surface area contributed by atoms with Gasteiger partial charge in [-0.1, -0.05) is 39.7 Å². The molecule has 0 radical (unpaired) electrons. The highest BCUT2D eigenvalue weighted by Gasteiger charge is 2.25. The topological polar surface area (TPSA) is 49.4 Å². The van der Waals surface area contributed by atoms with Crippen molar-refractivity contribution < 1.29 is 9.59 Å². The molecule has 0 saturated heterocycles. The van der Waals surface area contributed by atoms with Gasteiger partial charge in [0.1, 0.15) is 6.04 Å². The maximum absolute atomic E-state index is 12.9. The van der Waals surface area contributed by atoms with Gasteiger partial charge in [0, 0.05) is 34.4 Å². The molecule has 0 aliphatic rings. The molecule has 0 fully saturated rings. The van der Waals surface area contributed by atoms with E-state index in [-0.39, 0.29) is 11.8 Å². The van der Waals surface area contributed by atoms with Gasteiger partial charge in [-0.05, 0) is 61.1 Å². The van der Waals surface area contributed by atoms with E-state index in [2.05, 4.69) is 21.2 Å². The number of hydrogen-bond acceptors (Lipinski definition) is 3. The predicted molar refractivity (Wildman–Crippen MR) is 120 cm³/mol. The summed E-state index contributed by atoms with van der Waals surface area (Å²) >= 11 is 11.0. The average Bonchev–Trinajstić information content (AvgIpc) is 2.69. The Morgan fingerprint density at radius 1 is 1.21 bits per heavy atom. The first-order chi connectivity index (χ1) is 13.4. The van der Waals surface area contributed by atoms with Gasteiger partial charge < -0.3 is 10.2 Å². The van der Waals surface area contributed by atoms with Crippen molar-refractivity contribution in [2.75, 3.05) is 12.8 Å². The van der Waals surface area contributed by atoms with Gasteiger partial charge in [-0.25, -0.2) is 0 Å². The molecule has 0 aromatic heterocycles. The summed E-state index contributed by atoms with van der Waals surface area (Å²) in [5.41, 5.74) is 0.981. The molecule has 2 aromatic carbocycles. The van der Waals surface area contributed by atoms with Crippen LogP contribution in [-0.2, 0) is 16.1 Å². The number of nitrogens with one attached hydrogen (secondary N) is 1. The largest absolute Gasteiger partial charge is 0.357 e. The molecule has 2 amide bonds. The minimum atomic E-state index is -0.527. The maximum Gasteiger partial charge on any atom is 0.242 e. The molecule has 0 saturated carbocycles. The summed E-state index contributed by atoms with van der Waals surface area (Å²) < 4.78 is 0.948. The minimum absolute atomic E-state index is 0.0206. The summed E-state index contributed by atoms with van der Waals surface area (Å²) in [5.74, 6) is 0.638. The fourth-order valence-corrected chi connectivity index (χ4v) is 4.14. The molecular weight excluding hydrogens is 460 g/mol. The summed E-state index contributed by atoms with van der Waals surface area (Å²) in [6, 6.07) is 14.9. The van der Waals surface area contributed by atoms with E-state index in [9.17, 15) is 9.59 Å². The smallest absolute Gasteiger partial charge is 0.242 e. The van der Waals surface area contributed by atoms with Crippen LogP contribution >= 0.6 is 39.3 Å². The second-order valence-electron chi connectivity index (χ2n) is 6.35. The van der Waals surface area contributed by atoms with Crippen LogP contribution in [0.2, 0.25) is 5.02 Å². The molecule has 28 heavy (non-hydrogen) atoms. The number of hydrogen-bond donors (Lipinski definition) is 1. The molecule has 2 aromatic rings. The van der Waals surface area contributed by atoms with Crippen LogP contribution < -0.4 is 5.32 Å². The van der Waals surface area contributed by atoms with Gasteiger partial charge >= 0.3 is 0 Å². The molecule has 0 spiro atoms. The van der Waals surface area contributed by atoms with Crippen LogP contribution in [0.3, 0.4) is 0 Å². The van der Waals surface area contributed by atoms with E-state index in [1.54, 1.807) is 30.6 Å². The Hall–Kier alpha value is -1.50. The molecular formula is C21H24BrClN2O2S. The highest BCUT2D eigenvalue weighted by atomic mass is 79.9. The molecule has 0 bridgehead atoms. The quantitative estimate of drug-likeness (QED) is 0.397. The van der Waals surface area contributed by atoms with Gasteiger partial charge in [0.05, 0.1) is 0 Å². The number of amides is 2. The van der Waals surface area contributed by atoms with E-state index in [1.807, 2.05) is 48.5 Å². The zero-order chi connectivity index (χ0) is 20.5. The Morgan fingerprint density at radius 3 is 2.57 bits per heavy atom. The highest BCUT2D eigenvalue weighted by molar-refractivity contribution is 9.10. The predicted octanol–water partition coefficient (Wildman–Crippen LogP) is 5.14. The third-order valence-corrected chi connectivity index (χ3v) is 6.12. The lowest BCUT2D eigenvalue weighted by Crippen LogP contribution is -2.46. The lowest BCUT2D eigenvalue weighted by atomic mass is 10.1. The molecule has 0 unspecified atom stereocenters. The summed E-state index contributed by atoms with van der Waals surface area (Å²) in [6.07, 6.45) is 1.14. The number of likely N-dealkylation sites (N-methyl/N-ethyl adjacent to an activating group) is 1. The lowest BCUT2D eigenvalue weighted by Gasteiger charge is -2.28. The van der Waals surface area contributed by atoms with Gasteiger partial charge in [0.2, 0.25) is 11.8 Å². The summed E-state index contributed by atoms with van der Waals surface area (Å²) in [7, 11) is 1.59. The third kappa shape index (κ3) is 7.15. The van der Waals surface area contributed by atoms with Crippen molar-refractivity contribution in [3.05, 3.63) is 63.6 Å². The number of carbonyl (C=O) groups excluding carboxylic acids is 2. The molecule has 2 rings (SSSR count). The van der Waals surface area contributed by atoms with Crippen LogP contribution in [0.15, 0.2) is 57.9 Å². The maximum atomic E-state index is 12.9. The fourth-order valence-electron chi connectivity index (χ4n) is 2.71. The van der Waals surface area contributed by atoms with E-state index < -0.39 is 6.04 Å². The van der Waals surface area contributed by atoms with Gasteiger partial charge in [0.25, 0.3) is 0 Å². The number of benzene rings is 2. The summed E-state index contributed by atoms with van der Waals surface area (Å²) in [5, 5.41) is 3.35. The zero-order valence-corrected chi connectivity index (χ0v) is 19.1. The van der Waals surface area contributed by atoms with Crippen molar-refractivity contribution in [1.29, 1.82) is 0 Å². The summed E-state index contributed by atoms with van der Waals surface area (Å²) in [6.45, 7) is 2.16. The second-order valence-corrected chi connectivity index (χ2v) is 8.87. The Morgan fingerprint density at radius 2 is 1.93 bits per heavy atom. The zero-order valence-electron chi connectivity index (χ0n) is 16.0. The summed E-state index contributed by atoms with van der Waals surface area (Å²) in [4.78, 5) is 27.8. The van der Waals surface area contributed by atoms with Crippen LogP contribution in [0.25, 0.3) is 0 Å². The molecule has 1 atom stereocenters. The standard InChI is InChI=1S/C21H24BrClN2O2S/c1-15(21(27)24-2)25(14-16-5-3-6-17(22)13-16)20(26)7-4-12-28-19-10-8-18(23)9-11-19/h3,5-6,8-11,13,15H,4,7,12,14H2,1-2H3,(H,24,27)/t15-/m0/s1. The normalized spacial score (nSPS) is 11.7. The molecule has 0 heterocycles. The van der Waals surface area contributed by atoms with Crippen molar-refractivity contribution >= 4 is 51.1 Å². The van der Waals surface area contributed by atoms with E-state index in [0.29, 0.717) is 18.0 Å². The number of nitrogens with zero attached hydrogens (tertiary/aromatic N) is 1. The van der Waals surface area contributed by atoms with Crippen molar-refractivity contribution in [3.63, 3.8) is 0 Å². The van der Waals surface area contributed by atoms with Crippen molar-refractivity contribution in [2.24, 2.45) is 0 Å². The Kier molecular flexibility index (Phi) is 9.35. The van der Waals surface area contributed by atoms with Gasteiger partial charge in [-0.15, -0.1) is 11.8 Å². The van der Waals surface area contributed by atoms with Crippen LogP contribution in [0.4, 0.5) is 0 Å². The first-order valence-electron chi connectivity index (χ1n) is 9.04. The second kappa shape index (κ2) is 11.5. The van der Waals surface area contributed by atoms with Crippen LogP contribution in [-0.4, -0.2) is 35.6 Å². The fraction of sp³-hybridized carbons (Fsp3) is 0.333. The van der Waals surface area contributed by atoms with E-state index >= 15 is 0 Å². The number of thioether (sulfide) groups is 1. The number of halogens is 2. The van der Waals surface area contributed by atoms with Crippen LogP contribution in [0.1, 0.15) is 25.3 Å². The van der Waals surface area contributed by atoms with Gasteiger partial charge in [0.15, 0.2) is 0 Å². The Labute approximate surface area is 184 Å². The van der Waals surface area contributed by atoms with Gasteiger partial charge in [-0.3, -0.25) is 9.59 Å². The molecule has 1 N–H and O–H groups in total. The van der Waals surface area contributed by atoms with Crippen molar-refractivity contribution in [2.45, 2.75) is 37.2 Å². The average molecular weight is 484 g/mol. The molecule has 150 valence electrons. The number of carbonyl (C=O) groups is 2. The van der Waals surface area contributed by atoms with E-state index in [4.69, 9.17) is 11.6 Å². The Balaban J connectivity index is 1.95. The minimum Gasteiger partial charge on any atom is -0.357 e. The van der Waals surface area contributed by atoms with Crippen LogP contribution in [0.5, 0.6) is 0 Å². The van der Waals surface area contributed by atoms with Gasteiger partial charge in [-0.2, -0.15) is 0 Å². The first-order valence-corrected chi connectivity index (χ1v) is 11.2. The molecule has 4 nitrogen and oxygen atoms in total. The van der Waals surface area contributed by atoms with Crippen LogP contribution in [0, 0.1) is 0 Å². The molecule has 0 aliphatic heterocycles. The SMILES string of the molecule is CNC(=O)[C@H](C)N(Cc1cccc(Br)c1)C(=O)CCCSc1ccc(Cl)cc1. The Bertz CT molecular complexity index is 801. The third-order valence-electron chi connectivity index (χ3n) is 4.27.